The van der Waals surface area contributed by atoms with Crippen LogP contribution in [0.2, 0.25) is 0 Å². The third kappa shape index (κ3) is 5.61. The number of hydrazone groups is 1. The van der Waals surface area contributed by atoms with E-state index in [4.69, 9.17) is 5.73 Å². The molecule has 2 aromatic rings. The largest absolute Gasteiger partial charge is 0.416 e. The molecule has 1 amide bonds. The lowest BCUT2D eigenvalue weighted by atomic mass is 9.93. The molecular weight excluding hydrogens is 469 g/mol. The summed E-state index contributed by atoms with van der Waals surface area (Å²) >= 11 is 0. The Bertz CT molecular complexity index is 1150. The van der Waals surface area contributed by atoms with Crippen molar-refractivity contribution in [2.24, 2.45) is 16.8 Å². The third-order valence-electron chi connectivity index (χ3n) is 4.90. The Morgan fingerprint density at radius 3 is 2.26 bits per heavy atom. The van der Waals surface area contributed by atoms with Crippen LogP contribution in [0.15, 0.2) is 60.1 Å². The van der Waals surface area contributed by atoms with Gasteiger partial charge in [-0.2, -0.15) is 35.8 Å². The molecular formula is C22H17F7N4O. The molecule has 0 radical (unpaired) electrons. The first kappa shape index (κ1) is 24.9. The van der Waals surface area contributed by atoms with E-state index in [1.165, 1.54) is 18.3 Å². The summed E-state index contributed by atoms with van der Waals surface area (Å²) < 4.78 is 94.0. The highest BCUT2D eigenvalue weighted by Crippen LogP contribution is 2.37. The van der Waals surface area contributed by atoms with Gasteiger partial charge in [-0.1, -0.05) is 13.0 Å². The fraction of sp³-hybridized carbons (Fsp3) is 0.227. The van der Waals surface area contributed by atoms with Gasteiger partial charge in [0.05, 0.1) is 22.4 Å². The van der Waals surface area contributed by atoms with Crippen LogP contribution in [0, 0.1) is 11.9 Å². The van der Waals surface area contributed by atoms with E-state index in [9.17, 15) is 35.5 Å². The van der Waals surface area contributed by atoms with Crippen molar-refractivity contribution in [2.75, 3.05) is 0 Å². The van der Waals surface area contributed by atoms with Gasteiger partial charge in [-0.15, -0.1) is 0 Å². The number of hydrogen-bond donors (Lipinski definition) is 1. The van der Waals surface area contributed by atoms with E-state index in [2.05, 4.69) is 10.1 Å². The molecule has 1 unspecified atom stereocenters. The Morgan fingerprint density at radius 2 is 1.74 bits per heavy atom. The van der Waals surface area contributed by atoms with Crippen LogP contribution in [0.5, 0.6) is 0 Å². The molecule has 2 N–H and O–H groups in total. The van der Waals surface area contributed by atoms with Gasteiger partial charge in [0.15, 0.2) is 0 Å². The summed E-state index contributed by atoms with van der Waals surface area (Å²) in [4.78, 5) is 15.4. The van der Waals surface area contributed by atoms with Crippen molar-refractivity contribution in [2.45, 2.75) is 25.7 Å². The number of nitrogens with two attached hydrogens (primary N) is 1. The van der Waals surface area contributed by atoms with Crippen LogP contribution in [0.1, 0.15) is 35.6 Å². The van der Waals surface area contributed by atoms with Gasteiger partial charge >= 0.3 is 12.4 Å². The summed E-state index contributed by atoms with van der Waals surface area (Å²) in [6.07, 6.45) is -4.79. The van der Waals surface area contributed by atoms with E-state index >= 15 is 0 Å². The van der Waals surface area contributed by atoms with Crippen molar-refractivity contribution in [3.05, 3.63) is 83.2 Å². The first-order chi connectivity index (χ1) is 15.8. The van der Waals surface area contributed by atoms with Gasteiger partial charge in [0, 0.05) is 30.1 Å². The third-order valence-corrected chi connectivity index (χ3v) is 4.90. The first-order valence-corrected chi connectivity index (χ1v) is 9.73. The van der Waals surface area contributed by atoms with Crippen LogP contribution in [-0.4, -0.2) is 21.6 Å². The van der Waals surface area contributed by atoms with Gasteiger partial charge in [-0.25, -0.2) is 9.99 Å². The molecule has 2 heterocycles. The monoisotopic (exact) mass is 486 g/mol. The number of rotatable bonds is 4. The fourth-order valence-electron chi connectivity index (χ4n) is 3.24. The molecule has 0 fully saturated rings. The second kappa shape index (κ2) is 9.27. The second-order valence-corrected chi connectivity index (χ2v) is 7.43. The highest BCUT2D eigenvalue weighted by molar-refractivity contribution is 6.18. The van der Waals surface area contributed by atoms with E-state index in [1.54, 1.807) is 13.0 Å². The Kier molecular flexibility index (Phi) is 6.80. The number of nitrogens with zero attached hydrogens (tertiary/aromatic N) is 3. The van der Waals surface area contributed by atoms with Crippen molar-refractivity contribution in [3.63, 3.8) is 0 Å². The van der Waals surface area contributed by atoms with Crippen molar-refractivity contribution in [1.29, 1.82) is 0 Å². The minimum absolute atomic E-state index is 0.0255. The molecule has 0 saturated heterocycles. The molecule has 12 heteroatoms. The number of carbonyl (C=O) groups excluding carboxylic acids is 1. The van der Waals surface area contributed by atoms with E-state index < -0.39 is 46.8 Å². The lowest BCUT2D eigenvalue weighted by Crippen LogP contribution is -2.20. The number of alkyl halides is 6. The SMILES string of the molecule is CC1CC=CN(C=C(C(N)=O)c2cccnc2F)N=C1c1cc(C(F)(F)F)cc(C(F)(F)F)c1. The molecule has 1 aliphatic heterocycles. The zero-order chi connectivity index (χ0) is 25.3. The standard InChI is InChI=1S/C22H17F7N4O/c1-12-4-3-7-33(11-17(20(30)34)16-5-2-6-31-19(16)23)32-18(12)13-8-14(21(24,25)26)10-15(9-13)22(27,28)29/h2-3,5-12H,4H2,1H3,(H2,30,34). The molecule has 3 rings (SSSR count). The molecule has 1 atom stereocenters. The molecule has 180 valence electrons. The van der Waals surface area contributed by atoms with Crippen molar-refractivity contribution in [1.82, 2.24) is 9.99 Å². The number of aromatic nitrogens is 1. The summed E-state index contributed by atoms with van der Waals surface area (Å²) in [5, 5.41) is 5.14. The van der Waals surface area contributed by atoms with Gasteiger partial charge in [0.2, 0.25) is 5.95 Å². The number of carbonyl (C=O) groups is 1. The molecule has 1 aromatic carbocycles. The Morgan fingerprint density at radius 1 is 1.12 bits per heavy atom. The predicted molar refractivity (Wildman–Crippen MR) is 109 cm³/mol. The van der Waals surface area contributed by atoms with Crippen LogP contribution < -0.4 is 5.73 Å². The summed E-state index contributed by atoms with van der Waals surface area (Å²) in [5.41, 5.74) is 1.27. The number of halogens is 7. The minimum atomic E-state index is -5.03. The first-order valence-electron chi connectivity index (χ1n) is 9.73. The lowest BCUT2D eigenvalue weighted by Gasteiger charge is -2.19. The van der Waals surface area contributed by atoms with Crippen LogP contribution in [0.25, 0.3) is 5.57 Å². The molecule has 0 saturated carbocycles. The molecule has 0 bridgehead atoms. The molecule has 1 aromatic heterocycles. The summed E-state index contributed by atoms with van der Waals surface area (Å²) in [7, 11) is 0. The lowest BCUT2D eigenvalue weighted by molar-refractivity contribution is -0.143. The number of benzene rings is 1. The highest BCUT2D eigenvalue weighted by Gasteiger charge is 2.37. The zero-order valence-electron chi connectivity index (χ0n) is 17.5. The number of allylic oxidation sites excluding steroid dienone is 1. The molecule has 5 nitrogen and oxygen atoms in total. The van der Waals surface area contributed by atoms with Crippen molar-refractivity contribution in [3.8, 4) is 0 Å². The predicted octanol–water partition coefficient (Wildman–Crippen LogP) is 5.34. The maximum atomic E-state index is 14.1. The van der Waals surface area contributed by atoms with Crippen LogP contribution in [0.4, 0.5) is 30.7 Å². The number of primary amides is 1. The van der Waals surface area contributed by atoms with Gasteiger partial charge in [-0.3, -0.25) is 4.79 Å². The zero-order valence-corrected chi connectivity index (χ0v) is 17.5. The van der Waals surface area contributed by atoms with Gasteiger partial charge in [-0.05, 0) is 42.3 Å². The average molecular weight is 486 g/mol. The van der Waals surface area contributed by atoms with E-state index in [0.29, 0.717) is 12.1 Å². The number of amides is 1. The van der Waals surface area contributed by atoms with Gasteiger partial charge in [0.25, 0.3) is 5.91 Å². The maximum absolute atomic E-state index is 14.1. The Balaban J connectivity index is 2.17. The van der Waals surface area contributed by atoms with E-state index in [1.807, 2.05) is 0 Å². The maximum Gasteiger partial charge on any atom is 0.416 e. The fourth-order valence-corrected chi connectivity index (χ4v) is 3.24. The van der Waals surface area contributed by atoms with Crippen LogP contribution >= 0.6 is 0 Å². The van der Waals surface area contributed by atoms with Gasteiger partial charge < -0.3 is 5.73 Å². The van der Waals surface area contributed by atoms with Crippen molar-refractivity contribution < 1.29 is 35.5 Å². The molecule has 0 aliphatic carbocycles. The van der Waals surface area contributed by atoms with Crippen molar-refractivity contribution >= 4 is 17.2 Å². The summed E-state index contributed by atoms with van der Waals surface area (Å²) in [5.74, 6) is -2.64. The van der Waals surface area contributed by atoms with Crippen LogP contribution in [-0.2, 0) is 17.1 Å². The molecule has 34 heavy (non-hydrogen) atoms. The smallest absolute Gasteiger partial charge is 0.366 e. The Hall–Kier alpha value is -3.70. The Labute approximate surface area is 189 Å². The highest BCUT2D eigenvalue weighted by atomic mass is 19.4. The summed E-state index contributed by atoms with van der Waals surface area (Å²) in [6.45, 7) is 1.57. The van der Waals surface area contributed by atoms with Gasteiger partial charge in [0.1, 0.15) is 0 Å². The number of hydrogen-bond acceptors (Lipinski definition) is 4. The number of pyridine rings is 1. The normalized spacial score (nSPS) is 17.4. The van der Waals surface area contributed by atoms with Crippen LogP contribution in [0.3, 0.4) is 0 Å². The molecule has 0 spiro atoms. The van der Waals surface area contributed by atoms with E-state index in [-0.39, 0.29) is 29.3 Å². The topological polar surface area (TPSA) is 71.6 Å². The molecule has 1 aliphatic rings. The minimum Gasteiger partial charge on any atom is -0.366 e. The summed E-state index contributed by atoms with van der Waals surface area (Å²) in [6, 6.07) is 3.76. The second-order valence-electron chi connectivity index (χ2n) is 7.43. The average Bonchev–Trinajstić information content (AvgIpc) is 2.92. The quantitative estimate of drug-likeness (QED) is 0.360. The van der Waals surface area contributed by atoms with E-state index in [0.717, 1.165) is 17.4 Å².